The van der Waals surface area contributed by atoms with E-state index in [0.717, 1.165) is 11.8 Å². The number of amidine groups is 1. The number of esters is 1. The molecule has 0 spiro atoms. The Balaban J connectivity index is 1.81. The molecule has 2 aromatic rings. The number of hydrogen-bond acceptors (Lipinski definition) is 7. The van der Waals surface area contributed by atoms with E-state index in [9.17, 15) is 14.0 Å². The van der Waals surface area contributed by atoms with Gasteiger partial charge in [-0.25, -0.2) is 14.2 Å². The molecule has 10 heteroatoms. The van der Waals surface area contributed by atoms with Gasteiger partial charge >= 0.3 is 5.97 Å². The van der Waals surface area contributed by atoms with E-state index >= 15 is 0 Å². The molecule has 1 aliphatic rings. The van der Waals surface area contributed by atoms with Crippen LogP contribution in [0.25, 0.3) is 6.08 Å². The molecule has 0 bridgehead atoms. The molecule has 2 aromatic carbocycles. The van der Waals surface area contributed by atoms with Gasteiger partial charge in [0.1, 0.15) is 5.82 Å². The number of ether oxygens (including phenoxy) is 3. The van der Waals surface area contributed by atoms with Crippen LogP contribution in [0.1, 0.15) is 19.4 Å². The highest BCUT2D eigenvalue weighted by Gasteiger charge is 2.24. The summed E-state index contributed by atoms with van der Waals surface area (Å²) in [6.45, 7) is 3.77. The Labute approximate surface area is 193 Å². The molecule has 1 heterocycles. The van der Waals surface area contributed by atoms with E-state index in [1.165, 1.54) is 24.3 Å². The number of nitrogens with zero attached hydrogens (tertiary/aromatic N) is 1. The summed E-state index contributed by atoms with van der Waals surface area (Å²) >= 11 is 7.50. The fraction of sp³-hybridized carbons (Fsp3) is 0.227. The van der Waals surface area contributed by atoms with Crippen LogP contribution in [0.2, 0.25) is 5.02 Å². The quantitative estimate of drug-likeness (QED) is 0.437. The number of amides is 1. The number of carbonyl (C=O) groups is 2. The number of hydrogen-bond donors (Lipinski definition) is 1. The first-order chi connectivity index (χ1) is 15.4. The number of thioether (sulfide) groups is 1. The normalized spacial score (nSPS) is 15.7. The van der Waals surface area contributed by atoms with Crippen molar-refractivity contribution >= 4 is 52.2 Å². The number of aliphatic imine (C=N–C) groups is 1. The van der Waals surface area contributed by atoms with E-state index in [2.05, 4.69) is 10.3 Å². The summed E-state index contributed by atoms with van der Waals surface area (Å²) in [6, 6.07) is 8.87. The lowest BCUT2D eigenvalue weighted by atomic mass is 10.2. The highest BCUT2D eigenvalue weighted by atomic mass is 35.5. The molecule has 0 aromatic heterocycles. The lowest BCUT2D eigenvalue weighted by molar-refractivity contribution is -0.145. The molecule has 1 N–H and O–H groups in total. The first kappa shape index (κ1) is 23.6. The number of rotatable bonds is 8. The van der Waals surface area contributed by atoms with E-state index in [1.807, 2.05) is 0 Å². The largest absolute Gasteiger partial charge is 0.490 e. The van der Waals surface area contributed by atoms with Crippen molar-refractivity contribution in [2.75, 3.05) is 19.8 Å². The van der Waals surface area contributed by atoms with Gasteiger partial charge in [0.05, 0.1) is 28.8 Å². The van der Waals surface area contributed by atoms with Crippen molar-refractivity contribution in [1.29, 1.82) is 0 Å². The standard InChI is InChI=1S/C22H20ClFN2O5S/c1-3-29-17-10-13(9-16(23)20(17)31-12-19(27)30-4-2)11-18-21(28)26-22(32-18)25-15-7-5-14(24)6-8-15/h5-11H,3-4,12H2,1-2H3,(H,25,26,28)/b18-11+. The summed E-state index contributed by atoms with van der Waals surface area (Å²) < 4.78 is 29.0. The van der Waals surface area contributed by atoms with Gasteiger partial charge in [0.15, 0.2) is 23.3 Å². The smallest absolute Gasteiger partial charge is 0.344 e. The lowest BCUT2D eigenvalue weighted by Crippen LogP contribution is -2.19. The van der Waals surface area contributed by atoms with Crippen LogP contribution in [-0.2, 0) is 14.3 Å². The monoisotopic (exact) mass is 478 g/mol. The number of nitrogens with one attached hydrogen (secondary N) is 1. The minimum absolute atomic E-state index is 0.214. The predicted octanol–water partition coefficient (Wildman–Crippen LogP) is 4.71. The molecule has 0 aliphatic carbocycles. The molecule has 1 amide bonds. The zero-order valence-electron chi connectivity index (χ0n) is 17.3. The topological polar surface area (TPSA) is 86.2 Å². The average Bonchev–Trinajstić information content (AvgIpc) is 3.08. The minimum Gasteiger partial charge on any atom is -0.490 e. The Kier molecular flexibility index (Phi) is 8.13. The molecule has 0 unspecified atom stereocenters. The first-order valence-corrected chi connectivity index (χ1v) is 10.9. The Bertz CT molecular complexity index is 1070. The van der Waals surface area contributed by atoms with E-state index in [-0.39, 0.29) is 35.7 Å². The number of halogens is 2. The molecule has 0 radical (unpaired) electrons. The molecule has 1 fully saturated rings. The lowest BCUT2D eigenvalue weighted by Gasteiger charge is -2.14. The van der Waals surface area contributed by atoms with Crippen molar-refractivity contribution in [3.8, 4) is 11.5 Å². The van der Waals surface area contributed by atoms with Crippen molar-refractivity contribution < 1.29 is 28.2 Å². The zero-order valence-corrected chi connectivity index (χ0v) is 18.9. The highest BCUT2D eigenvalue weighted by Crippen LogP contribution is 2.38. The van der Waals surface area contributed by atoms with E-state index in [4.69, 9.17) is 25.8 Å². The van der Waals surface area contributed by atoms with Crippen LogP contribution in [0.15, 0.2) is 46.3 Å². The Morgan fingerprint density at radius 3 is 2.62 bits per heavy atom. The van der Waals surface area contributed by atoms with Crippen molar-refractivity contribution in [3.05, 3.63) is 57.7 Å². The molecule has 1 aliphatic heterocycles. The number of carbonyl (C=O) groups excluding carboxylic acids is 2. The average molecular weight is 479 g/mol. The second-order valence-electron chi connectivity index (χ2n) is 6.31. The summed E-state index contributed by atoms with van der Waals surface area (Å²) in [6.07, 6.45) is 1.64. The van der Waals surface area contributed by atoms with E-state index < -0.39 is 5.97 Å². The van der Waals surface area contributed by atoms with Crippen molar-refractivity contribution in [2.24, 2.45) is 4.99 Å². The van der Waals surface area contributed by atoms with Crippen molar-refractivity contribution in [2.45, 2.75) is 13.8 Å². The van der Waals surface area contributed by atoms with Gasteiger partial charge < -0.3 is 19.5 Å². The maximum atomic E-state index is 13.1. The van der Waals surface area contributed by atoms with Crippen LogP contribution in [-0.4, -0.2) is 36.9 Å². The van der Waals surface area contributed by atoms with Crippen LogP contribution >= 0.6 is 23.4 Å². The summed E-state index contributed by atoms with van der Waals surface area (Å²) in [7, 11) is 0. The summed E-state index contributed by atoms with van der Waals surface area (Å²) in [4.78, 5) is 28.6. The van der Waals surface area contributed by atoms with E-state index in [0.29, 0.717) is 33.7 Å². The molecule has 1 saturated heterocycles. The van der Waals surface area contributed by atoms with Gasteiger partial charge in [0.2, 0.25) is 0 Å². The minimum atomic E-state index is -0.524. The Hall–Kier alpha value is -3.04. The number of benzene rings is 2. The maximum absolute atomic E-state index is 13.1. The summed E-state index contributed by atoms with van der Waals surface area (Å²) in [5, 5.41) is 3.26. The second kappa shape index (κ2) is 11.0. The Morgan fingerprint density at radius 1 is 1.19 bits per heavy atom. The Morgan fingerprint density at radius 2 is 1.94 bits per heavy atom. The third-order valence-corrected chi connectivity index (χ3v) is 5.17. The van der Waals surface area contributed by atoms with Crippen LogP contribution in [0.5, 0.6) is 11.5 Å². The summed E-state index contributed by atoms with van der Waals surface area (Å²) in [5.41, 5.74) is 1.11. The molecule has 0 saturated carbocycles. The summed E-state index contributed by atoms with van der Waals surface area (Å²) in [5.74, 6) is -0.670. The van der Waals surface area contributed by atoms with Crippen LogP contribution < -0.4 is 14.8 Å². The van der Waals surface area contributed by atoms with Gasteiger partial charge in [0.25, 0.3) is 5.91 Å². The van der Waals surface area contributed by atoms with Gasteiger partial charge in [0, 0.05) is 0 Å². The van der Waals surface area contributed by atoms with E-state index in [1.54, 1.807) is 32.1 Å². The van der Waals surface area contributed by atoms with Crippen molar-refractivity contribution in [1.82, 2.24) is 5.32 Å². The van der Waals surface area contributed by atoms with Crippen LogP contribution in [0.4, 0.5) is 10.1 Å². The van der Waals surface area contributed by atoms with Crippen LogP contribution in [0.3, 0.4) is 0 Å². The van der Waals surface area contributed by atoms with Crippen LogP contribution in [0, 0.1) is 5.82 Å². The fourth-order valence-corrected chi connectivity index (χ4v) is 3.79. The van der Waals surface area contributed by atoms with Gasteiger partial charge in [-0.1, -0.05) is 11.6 Å². The molecule has 168 valence electrons. The SMILES string of the molecule is CCOC(=O)COc1c(Cl)cc(/C=C2/SC(=Nc3ccc(F)cc3)NC2=O)cc1OCC. The third-order valence-electron chi connectivity index (χ3n) is 3.98. The maximum Gasteiger partial charge on any atom is 0.344 e. The van der Waals surface area contributed by atoms with Gasteiger partial charge in [-0.2, -0.15) is 0 Å². The molecular weight excluding hydrogens is 459 g/mol. The molecular formula is C22H20ClFN2O5S. The predicted molar refractivity (Wildman–Crippen MR) is 122 cm³/mol. The molecule has 3 rings (SSSR count). The molecule has 7 nitrogen and oxygen atoms in total. The fourth-order valence-electron chi connectivity index (χ4n) is 2.67. The van der Waals surface area contributed by atoms with Gasteiger partial charge in [-0.3, -0.25) is 4.79 Å². The second-order valence-corrected chi connectivity index (χ2v) is 7.75. The van der Waals surface area contributed by atoms with Gasteiger partial charge in [-0.05, 0) is 73.6 Å². The zero-order chi connectivity index (χ0) is 23.1. The van der Waals surface area contributed by atoms with Crippen molar-refractivity contribution in [3.63, 3.8) is 0 Å². The molecule has 32 heavy (non-hydrogen) atoms. The third kappa shape index (κ3) is 6.24. The molecule has 0 atom stereocenters. The first-order valence-electron chi connectivity index (χ1n) is 9.69. The van der Waals surface area contributed by atoms with Gasteiger partial charge in [-0.15, -0.1) is 0 Å². The highest BCUT2D eigenvalue weighted by molar-refractivity contribution is 8.18.